The van der Waals surface area contributed by atoms with Crippen molar-refractivity contribution in [1.29, 1.82) is 0 Å². The molecule has 1 saturated heterocycles. The Kier molecular flexibility index (Phi) is 5.00. The number of amides is 1. The van der Waals surface area contributed by atoms with Gasteiger partial charge in [-0.25, -0.2) is 4.39 Å². The van der Waals surface area contributed by atoms with E-state index >= 15 is 0 Å². The second-order valence-electron chi connectivity index (χ2n) is 6.52. The molecule has 3 rings (SSSR count). The van der Waals surface area contributed by atoms with Crippen LogP contribution in [-0.4, -0.2) is 49.6 Å². The molecule has 1 aromatic rings. The summed E-state index contributed by atoms with van der Waals surface area (Å²) in [6, 6.07) is 5.86. The number of carbonyl (C=O) groups is 1. The molecule has 3 N–H and O–H groups in total. The predicted molar refractivity (Wildman–Crippen MR) is 89.8 cm³/mol. The van der Waals surface area contributed by atoms with Crippen LogP contribution in [0.3, 0.4) is 0 Å². The molecule has 0 bridgehead atoms. The Morgan fingerprint density at radius 3 is 2.43 bits per heavy atom. The van der Waals surface area contributed by atoms with Gasteiger partial charge in [0.15, 0.2) is 0 Å². The van der Waals surface area contributed by atoms with Crippen molar-refractivity contribution in [1.82, 2.24) is 10.2 Å². The number of carbonyl (C=O) groups excluding carboxylic acids is 1. The van der Waals surface area contributed by atoms with Crippen LogP contribution in [0, 0.1) is 5.82 Å². The van der Waals surface area contributed by atoms with E-state index in [1.807, 2.05) is 0 Å². The van der Waals surface area contributed by atoms with Crippen LogP contribution in [0.4, 0.5) is 15.8 Å². The van der Waals surface area contributed by atoms with Crippen molar-refractivity contribution in [3.63, 3.8) is 0 Å². The second-order valence-corrected chi connectivity index (χ2v) is 6.52. The van der Waals surface area contributed by atoms with Crippen molar-refractivity contribution >= 4 is 17.8 Å². The molecule has 126 valence electrons. The monoisotopic (exact) mass is 320 g/mol. The molecule has 6 heteroatoms. The van der Waals surface area contributed by atoms with E-state index < -0.39 is 0 Å². The lowest BCUT2D eigenvalue weighted by Crippen LogP contribution is -2.52. The number of hydrogen-bond donors (Lipinski definition) is 2. The molecule has 0 spiro atoms. The summed E-state index contributed by atoms with van der Waals surface area (Å²) in [6.07, 6.45) is 5.17. The van der Waals surface area contributed by atoms with Crippen molar-refractivity contribution in [2.75, 3.05) is 36.8 Å². The molecule has 0 unspecified atom stereocenters. The fraction of sp³-hybridized carbons (Fsp3) is 0.588. The van der Waals surface area contributed by atoms with Crippen LogP contribution in [0.15, 0.2) is 18.2 Å². The molecule has 1 aromatic carbocycles. The van der Waals surface area contributed by atoms with E-state index in [0.29, 0.717) is 23.5 Å². The fourth-order valence-electron chi connectivity index (χ4n) is 3.81. The van der Waals surface area contributed by atoms with Crippen molar-refractivity contribution < 1.29 is 9.18 Å². The van der Waals surface area contributed by atoms with E-state index in [2.05, 4.69) is 15.1 Å². The molecule has 0 atom stereocenters. The highest BCUT2D eigenvalue weighted by atomic mass is 19.1. The summed E-state index contributed by atoms with van der Waals surface area (Å²) in [4.78, 5) is 15.1. The molecule has 1 amide bonds. The highest BCUT2D eigenvalue weighted by Gasteiger charge is 2.28. The number of benzene rings is 1. The number of hydrogen-bond acceptors (Lipinski definition) is 4. The highest BCUT2D eigenvalue weighted by Crippen LogP contribution is 2.27. The molecule has 1 aliphatic carbocycles. The standard InChI is InChI=1S/C17H25FN4O/c18-16-11-13(19)1-6-17(16)22-9-7-21(8-10-22)15-4-2-14(3-5-15)20-12-23/h1,6,11-12,14-15H,2-5,7-10,19H2,(H,20,23). The van der Waals surface area contributed by atoms with Gasteiger partial charge in [-0.2, -0.15) is 0 Å². The summed E-state index contributed by atoms with van der Waals surface area (Å²) < 4.78 is 14.0. The molecule has 5 nitrogen and oxygen atoms in total. The van der Waals surface area contributed by atoms with Gasteiger partial charge in [0.25, 0.3) is 0 Å². The van der Waals surface area contributed by atoms with Gasteiger partial charge in [0.2, 0.25) is 6.41 Å². The fourth-order valence-corrected chi connectivity index (χ4v) is 3.81. The quantitative estimate of drug-likeness (QED) is 0.653. The Labute approximate surface area is 136 Å². The lowest BCUT2D eigenvalue weighted by atomic mass is 9.90. The predicted octanol–water partition coefficient (Wildman–Crippen LogP) is 1.59. The maximum absolute atomic E-state index is 14.0. The zero-order valence-corrected chi connectivity index (χ0v) is 13.4. The number of nitrogens with two attached hydrogens (primary N) is 1. The maximum Gasteiger partial charge on any atom is 0.207 e. The van der Waals surface area contributed by atoms with Crippen LogP contribution < -0.4 is 16.0 Å². The van der Waals surface area contributed by atoms with Gasteiger partial charge >= 0.3 is 0 Å². The molecular formula is C17H25FN4O. The molecule has 23 heavy (non-hydrogen) atoms. The van der Waals surface area contributed by atoms with E-state index in [1.165, 1.54) is 6.07 Å². The van der Waals surface area contributed by atoms with E-state index in [0.717, 1.165) is 58.3 Å². The number of nitrogens with one attached hydrogen (secondary N) is 1. The summed E-state index contributed by atoms with van der Waals surface area (Å²) >= 11 is 0. The van der Waals surface area contributed by atoms with E-state index in [1.54, 1.807) is 12.1 Å². The molecule has 2 aliphatic rings. The Hall–Kier alpha value is -1.82. The average Bonchev–Trinajstić information content (AvgIpc) is 2.56. The van der Waals surface area contributed by atoms with Gasteiger partial charge in [-0.3, -0.25) is 9.69 Å². The third kappa shape index (κ3) is 3.75. The zero-order chi connectivity index (χ0) is 16.2. The van der Waals surface area contributed by atoms with Crippen LogP contribution in [0.1, 0.15) is 25.7 Å². The SMILES string of the molecule is Nc1ccc(N2CCN(C3CCC(NC=O)CC3)CC2)c(F)c1. The van der Waals surface area contributed by atoms with Gasteiger partial charge < -0.3 is 16.0 Å². The number of anilines is 2. The highest BCUT2D eigenvalue weighted by molar-refractivity contribution is 5.54. The molecule has 1 saturated carbocycles. The molecule has 1 heterocycles. The molecule has 0 radical (unpaired) electrons. The van der Waals surface area contributed by atoms with Crippen molar-refractivity contribution in [2.45, 2.75) is 37.8 Å². The second kappa shape index (κ2) is 7.17. The topological polar surface area (TPSA) is 61.6 Å². The van der Waals surface area contributed by atoms with Gasteiger partial charge in [-0.15, -0.1) is 0 Å². The van der Waals surface area contributed by atoms with E-state index in [9.17, 15) is 9.18 Å². The smallest absolute Gasteiger partial charge is 0.207 e. The minimum Gasteiger partial charge on any atom is -0.399 e. The summed E-state index contributed by atoms with van der Waals surface area (Å²) in [6.45, 7) is 3.60. The average molecular weight is 320 g/mol. The first-order valence-corrected chi connectivity index (χ1v) is 8.41. The Bertz CT molecular complexity index is 537. The molecular weight excluding hydrogens is 295 g/mol. The zero-order valence-electron chi connectivity index (χ0n) is 13.4. The number of halogens is 1. The van der Waals surface area contributed by atoms with Gasteiger partial charge in [0.1, 0.15) is 5.82 Å². The van der Waals surface area contributed by atoms with Gasteiger partial charge in [-0.05, 0) is 43.9 Å². The first-order chi connectivity index (χ1) is 11.2. The van der Waals surface area contributed by atoms with E-state index in [4.69, 9.17) is 5.73 Å². The van der Waals surface area contributed by atoms with E-state index in [-0.39, 0.29) is 5.82 Å². The normalized spacial score (nSPS) is 26.0. The number of nitrogen functional groups attached to an aromatic ring is 1. The van der Waals surface area contributed by atoms with Crippen LogP contribution in [0.25, 0.3) is 0 Å². The van der Waals surface area contributed by atoms with Crippen LogP contribution in [-0.2, 0) is 4.79 Å². The lowest BCUT2D eigenvalue weighted by molar-refractivity contribution is -0.110. The van der Waals surface area contributed by atoms with Gasteiger partial charge in [-0.1, -0.05) is 0 Å². The molecule has 1 aliphatic heterocycles. The number of nitrogens with zero attached hydrogens (tertiary/aromatic N) is 2. The molecule has 2 fully saturated rings. The number of rotatable bonds is 4. The van der Waals surface area contributed by atoms with Gasteiger partial charge in [0, 0.05) is 44.0 Å². The third-order valence-electron chi connectivity index (χ3n) is 5.14. The largest absolute Gasteiger partial charge is 0.399 e. The minimum atomic E-state index is -0.237. The number of piperazine rings is 1. The van der Waals surface area contributed by atoms with Gasteiger partial charge in [0.05, 0.1) is 5.69 Å². The summed E-state index contributed by atoms with van der Waals surface area (Å²) in [5, 5.41) is 2.89. The first-order valence-electron chi connectivity index (χ1n) is 8.41. The minimum absolute atomic E-state index is 0.237. The Morgan fingerprint density at radius 2 is 1.83 bits per heavy atom. The summed E-state index contributed by atoms with van der Waals surface area (Å²) in [7, 11) is 0. The lowest BCUT2D eigenvalue weighted by Gasteiger charge is -2.42. The first kappa shape index (κ1) is 16.1. The van der Waals surface area contributed by atoms with Crippen molar-refractivity contribution in [3.05, 3.63) is 24.0 Å². The Balaban J connectivity index is 1.52. The Morgan fingerprint density at radius 1 is 1.13 bits per heavy atom. The van der Waals surface area contributed by atoms with Crippen LogP contribution >= 0.6 is 0 Å². The van der Waals surface area contributed by atoms with Crippen LogP contribution in [0.2, 0.25) is 0 Å². The summed E-state index contributed by atoms with van der Waals surface area (Å²) in [5.41, 5.74) is 6.73. The van der Waals surface area contributed by atoms with Crippen molar-refractivity contribution in [2.24, 2.45) is 0 Å². The molecule has 0 aromatic heterocycles. The van der Waals surface area contributed by atoms with Crippen LogP contribution in [0.5, 0.6) is 0 Å². The van der Waals surface area contributed by atoms with Crippen molar-refractivity contribution in [3.8, 4) is 0 Å². The summed E-state index contributed by atoms with van der Waals surface area (Å²) in [5.74, 6) is -0.237. The maximum atomic E-state index is 14.0. The third-order valence-corrected chi connectivity index (χ3v) is 5.14.